The zero-order valence-corrected chi connectivity index (χ0v) is 26.0. The molecule has 3 aromatic carbocycles. The van der Waals surface area contributed by atoms with E-state index in [-0.39, 0.29) is 28.9 Å². The van der Waals surface area contributed by atoms with Crippen molar-refractivity contribution in [2.75, 3.05) is 16.6 Å². The van der Waals surface area contributed by atoms with Crippen molar-refractivity contribution >= 4 is 71.9 Å². The molecule has 3 heterocycles. The highest BCUT2D eigenvalue weighted by Crippen LogP contribution is 2.46. The molecule has 0 unspecified atom stereocenters. The van der Waals surface area contributed by atoms with E-state index in [0.29, 0.717) is 11.6 Å². The smallest absolute Gasteiger partial charge is 0.261 e. The third-order valence-electron chi connectivity index (χ3n) is 7.05. The predicted molar refractivity (Wildman–Crippen MR) is 171 cm³/mol. The quantitative estimate of drug-likeness (QED) is 0.193. The van der Waals surface area contributed by atoms with E-state index in [0.717, 1.165) is 57.4 Å². The van der Waals surface area contributed by atoms with E-state index in [1.165, 1.54) is 28.6 Å². The number of halogens is 2. The van der Waals surface area contributed by atoms with E-state index in [1.54, 1.807) is 40.9 Å². The molecule has 1 aliphatic rings. The fourth-order valence-electron chi connectivity index (χ4n) is 4.88. The van der Waals surface area contributed by atoms with Gasteiger partial charge in [0.25, 0.3) is 15.9 Å². The lowest BCUT2D eigenvalue weighted by Gasteiger charge is -2.30. The zero-order valence-electron chi connectivity index (χ0n) is 22.8. The molecule has 0 aliphatic carbocycles. The summed E-state index contributed by atoms with van der Waals surface area (Å²) in [7, 11) is -3.96. The molecule has 12 heteroatoms. The second-order valence-corrected chi connectivity index (χ2v) is 13.9. The van der Waals surface area contributed by atoms with E-state index >= 15 is 0 Å². The number of nitrogens with one attached hydrogen (secondary N) is 2. The van der Waals surface area contributed by atoms with E-state index in [1.807, 2.05) is 24.3 Å². The molecule has 2 aromatic heterocycles. The monoisotopic (exact) mass is 642 g/mol. The van der Waals surface area contributed by atoms with Crippen molar-refractivity contribution in [1.82, 2.24) is 9.88 Å². The van der Waals surface area contributed by atoms with E-state index in [4.69, 9.17) is 4.98 Å². The Morgan fingerprint density at radius 1 is 1.02 bits per heavy atom. The van der Waals surface area contributed by atoms with Crippen molar-refractivity contribution in [2.24, 2.45) is 0 Å². The van der Waals surface area contributed by atoms with Crippen LogP contribution < -0.4 is 10.0 Å². The van der Waals surface area contributed by atoms with Crippen molar-refractivity contribution in [3.05, 3.63) is 94.6 Å². The first kappa shape index (κ1) is 30.1. The predicted octanol–water partition coefficient (Wildman–Crippen LogP) is 7.41. The molecule has 0 spiro atoms. The lowest BCUT2D eigenvalue weighted by Crippen LogP contribution is -2.35. The van der Waals surface area contributed by atoms with Gasteiger partial charge in [-0.25, -0.2) is 17.8 Å². The number of carbonyl (C=O) groups excluding carboxylic acids is 1. The molecule has 0 radical (unpaired) electrons. The fourth-order valence-corrected chi connectivity index (χ4v) is 8.31. The summed E-state index contributed by atoms with van der Waals surface area (Å²) in [4.78, 5) is 22.0. The molecular weight excluding hydrogens is 615 g/mol. The molecule has 1 amide bonds. The number of nitrogens with zero attached hydrogens (tertiary/aromatic N) is 2. The number of amides is 1. The highest BCUT2D eigenvalue weighted by molar-refractivity contribution is 7.92. The number of fused-ring (bicyclic) bond motifs is 2. The molecule has 7 nitrogen and oxygen atoms in total. The largest absolute Gasteiger partial charge is 0.313 e. The molecule has 218 valence electrons. The summed E-state index contributed by atoms with van der Waals surface area (Å²) in [5.74, 6) is -0.880. The van der Waals surface area contributed by atoms with Gasteiger partial charge in [-0.3, -0.25) is 14.4 Å². The van der Waals surface area contributed by atoms with Crippen molar-refractivity contribution < 1.29 is 17.6 Å². The molecule has 6 rings (SSSR count). The molecule has 0 atom stereocenters. The number of rotatable bonds is 7. The third-order valence-corrected chi connectivity index (χ3v) is 10.6. The standard InChI is InChI=1S/C30H27FN4O3S3.ClH/c1-18(2)35-15-14-23-26(17-35)40-30(27(23)29-32-24-8-3-4-9-25(24)39-29)33-28(36)19-6-5-7-21(16-19)34-41(37,38)22-12-10-20(31)11-13-22;/h3-13,16,18,34H,14-15,17H2,1-2H3,(H,33,36);1H. The maximum absolute atomic E-state index is 13.5. The number of carbonyl (C=O) groups is 1. The van der Waals surface area contributed by atoms with E-state index in [9.17, 15) is 17.6 Å². The minimum absolute atomic E-state index is 0. The van der Waals surface area contributed by atoms with Crippen LogP contribution in [-0.4, -0.2) is 36.8 Å². The Labute approximate surface area is 257 Å². The Morgan fingerprint density at radius 2 is 1.79 bits per heavy atom. The van der Waals surface area contributed by atoms with Crippen LogP contribution in [0.5, 0.6) is 0 Å². The molecule has 5 aromatic rings. The van der Waals surface area contributed by atoms with Gasteiger partial charge in [0.05, 0.1) is 15.1 Å². The first-order valence-electron chi connectivity index (χ1n) is 13.1. The Morgan fingerprint density at radius 3 is 2.52 bits per heavy atom. The maximum Gasteiger partial charge on any atom is 0.261 e. The van der Waals surface area contributed by atoms with Crippen molar-refractivity contribution in [1.29, 1.82) is 0 Å². The van der Waals surface area contributed by atoms with Crippen molar-refractivity contribution in [3.63, 3.8) is 0 Å². The van der Waals surface area contributed by atoms with Gasteiger partial charge in [0.1, 0.15) is 15.8 Å². The van der Waals surface area contributed by atoms with Gasteiger partial charge in [-0.05, 0) is 80.4 Å². The van der Waals surface area contributed by atoms with Gasteiger partial charge >= 0.3 is 0 Å². The van der Waals surface area contributed by atoms with Gasteiger partial charge in [-0.1, -0.05) is 18.2 Å². The third kappa shape index (κ3) is 6.06. The van der Waals surface area contributed by atoms with Gasteiger partial charge in [0.2, 0.25) is 0 Å². The minimum Gasteiger partial charge on any atom is -0.313 e. The number of benzene rings is 3. The Hall–Kier alpha value is -3.35. The lowest BCUT2D eigenvalue weighted by atomic mass is 10.0. The number of hydrogen-bond donors (Lipinski definition) is 2. The number of thiazole rings is 1. The van der Waals surface area contributed by atoms with E-state index in [2.05, 4.69) is 28.8 Å². The average Bonchev–Trinajstić information content (AvgIpc) is 3.53. The number of sulfonamides is 1. The van der Waals surface area contributed by atoms with Crippen LogP contribution in [0.1, 0.15) is 34.6 Å². The number of anilines is 2. The molecule has 0 fully saturated rings. The normalized spacial score (nSPS) is 13.5. The topological polar surface area (TPSA) is 91.4 Å². The fraction of sp³-hybridized carbons (Fsp3) is 0.200. The molecule has 0 bridgehead atoms. The summed E-state index contributed by atoms with van der Waals surface area (Å²) in [5, 5.41) is 4.72. The Kier molecular flexibility index (Phi) is 8.68. The zero-order chi connectivity index (χ0) is 28.7. The summed E-state index contributed by atoms with van der Waals surface area (Å²) in [6.07, 6.45) is 0.867. The second-order valence-electron chi connectivity index (χ2n) is 10.1. The average molecular weight is 643 g/mol. The van der Waals surface area contributed by atoms with Crippen LogP contribution in [0.15, 0.2) is 77.7 Å². The first-order valence-corrected chi connectivity index (χ1v) is 16.2. The Bertz CT molecular complexity index is 1840. The summed E-state index contributed by atoms with van der Waals surface area (Å²) in [5.41, 5.74) is 3.64. The van der Waals surface area contributed by atoms with Crippen LogP contribution in [0.25, 0.3) is 20.8 Å². The Balaban J connectivity index is 0.00000353. The summed E-state index contributed by atoms with van der Waals surface area (Å²) >= 11 is 3.18. The van der Waals surface area contributed by atoms with Crippen LogP contribution >= 0.6 is 35.1 Å². The summed E-state index contributed by atoms with van der Waals surface area (Å²) in [6, 6.07) is 19.3. The van der Waals surface area contributed by atoms with Gasteiger partial charge in [-0.15, -0.1) is 35.1 Å². The van der Waals surface area contributed by atoms with Gasteiger partial charge in [0, 0.05) is 40.8 Å². The molecule has 0 saturated carbocycles. The van der Waals surface area contributed by atoms with Gasteiger partial charge < -0.3 is 5.32 Å². The van der Waals surface area contributed by atoms with Crippen LogP contribution in [0.4, 0.5) is 15.1 Å². The number of para-hydroxylation sites is 1. The highest BCUT2D eigenvalue weighted by Gasteiger charge is 2.29. The molecule has 42 heavy (non-hydrogen) atoms. The highest BCUT2D eigenvalue weighted by atomic mass is 35.5. The molecule has 2 N–H and O–H groups in total. The molecular formula is C30H28ClFN4O3S3. The molecule has 1 aliphatic heterocycles. The van der Waals surface area contributed by atoms with Crippen LogP contribution in [-0.2, 0) is 23.0 Å². The van der Waals surface area contributed by atoms with Gasteiger partial charge in [0.15, 0.2) is 0 Å². The van der Waals surface area contributed by atoms with E-state index < -0.39 is 15.8 Å². The number of hydrogen-bond acceptors (Lipinski definition) is 7. The lowest BCUT2D eigenvalue weighted by molar-refractivity contribution is 0.102. The van der Waals surface area contributed by atoms with Crippen LogP contribution in [0.3, 0.4) is 0 Å². The first-order chi connectivity index (χ1) is 19.7. The van der Waals surface area contributed by atoms with Crippen LogP contribution in [0, 0.1) is 5.82 Å². The number of thiophene rings is 1. The SMILES string of the molecule is CC(C)N1CCc2c(sc(NC(=O)c3cccc(NS(=O)(=O)c4ccc(F)cc4)c3)c2-c2nc3ccccc3s2)C1.Cl. The summed E-state index contributed by atoms with van der Waals surface area (Å²) in [6.45, 7) is 6.12. The van der Waals surface area contributed by atoms with Gasteiger partial charge in [-0.2, -0.15) is 0 Å². The van der Waals surface area contributed by atoms with Crippen LogP contribution in [0.2, 0.25) is 0 Å². The van der Waals surface area contributed by atoms with Crippen molar-refractivity contribution in [3.8, 4) is 10.6 Å². The number of aromatic nitrogens is 1. The summed E-state index contributed by atoms with van der Waals surface area (Å²) < 4.78 is 42.5. The maximum atomic E-state index is 13.5. The molecule has 0 saturated heterocycles. The minimum atomic E-state index is -3.96. The second kappa shape index (κ2) is 12.1. The van der Waals surface area contributed by atoms with Crippen molar-refractivity contribution in [2.45, 2.75) is 37.8 Å².